The molecule has 2 nitrogen and oxygen atoms in total. The van der Waals surface area contributed by atoms with Crippen LogP contribution in [0.4, 0.5) is 0 Å². The van der Waals surface area contributed by atoms with E-state index >= 15 is 0 Å². The van der Waals surface area contributed by atoms with Gasteiger partial charge < -0.3 is 5.32 Å². The van der Waals surface area contributed by atoms with Crippen molar-refractivity contribution in [3.8, 4) is 11.8 Å². The second kappa shape index (κ2) is 4.58. The molecule has 0 aliphatic heterocycles. The van der Waals surface area contributed by atoms with Crippen LogP contribution in [0.1, 0.15) is 12.5 Å². The number of amides is 1. The van der Waals surface area contributed by atoms with E-state index in [2.05, 4.69) is 17.2 Å². The highest BCUT2D eigenvalue weighted by Crippen LogP contribution is 2.02. The van der Waals surface area contributed by atoms with Gasteiger partial charge in [-0.3, -0.25) is 4.79 Å². The van der Waals surface area contributed by atoms with E-state index in [1.54, 1.807) is 11.3 Å². The van der Waals surface area contributed by atoms with Crippen molar-refractivity contribution in [2.75, 3.05) is 6.54 Å². The van der Waals surface area contributed by atoms with Crippen molar-refractivity contribution in [2.24, 2.45) is 0 Å². The summed E-state index contributed by atoms with van der Waals surface area (Å²) in [4.78, 5) is 10.4. The van der Waals surface area contributed by atoms with Crippen LogP contribution in [-0.4, -0.2) is 12.5 Å². The SMILES string of the molecule is CC(=O)NCC#Cc1ccsc1. The van der Waals surface area contributed by atoms with Crippen LogP contribution in [0.2, 0.25) is 0 Å². The van der Waals surface area contributed by atoms with E-state index in [0.29, 0.717) is 6.54 Å². The van der Waals surface area contributed by atoms with Gasteiger partial charge in [0.25, 0.3) is 0 Å². The van der Waals surface area contributed by atoms with Crippen LogP contribution >= 0.6 is 11.3 Å². The Labute approximate surface area is 75.6 Å². The van der Waals surface area contributed by atoms with E-state index in [1.165, 1.54) is 6.92 Å². The fraction of sp³-hybridized carbons (Fsp3) is 0.222. The Morgan fingerprint density at radius 1 is 1.75 bits per heavy atom. The summed E-state index contributed by atoms with van der Waals surface area (Å²) in [7, 11) is 0. The van der Waals surface area contributed by atoms with Crippen LogP contribution in [0.25, 0.3) is 0 Å². The van der Waals surface area contributed by atoms with Gasteiger partial charge in [-0.05, 0) is 11.4 Å². The van der Waals surface area contributed by atoms with Crippen LogP contribution < -0.4 is 5.32 Å². The third kappa shape index (κ3) is 3.22. The van der Waals surface area contributed by atoms with Crippen LogP contribution in [0.3, 0.4) is 0 Å². The van der Waals surface area contributed by atoms with Crippen molar-refractivity contribution in [3.05, 3.63) is 22.4 Å². The van der Waals surface area contributed by atoms with Crippen LogP contribution in [-0.2, 0) is 4.79 Å². The van der Waals surface area contributed by atoms with Crippen LogP contribution in [0.15, 0.2) is 16.8 Å². The Morgan fingerprint density at radius 2 is 2.58 bits per heavy atom. The topological polar surface area (TPSA) is 29.1 Å². The number of rotatable bonds is 1. The smallest absolute Gasteiger partial charge is 0.217 e. The van der Waals surface area contributed by atoms with Crippen molar-refractivity contribution in [1.82, 2.24) is 5.32 Å². The van der Waals surface area contributed by atoms with Gasteiger partial charge in [-0.1, -0.05) is 11.8 Å². The number of hydrogen-bond donors (Lipinski definition) is 1. The number of hydrogen-bond acceptors (Lipinski definition) is 2. The molecule has 0 aromatic carbocycles. The Hall–Kier alpha value is -1.27. The summed E-state index contributed by atoms with van der Waals surface area (Å²) < 4.78 is 0. The van der Waals surface area contributed by atoms with Crippen molar-refractivity contribution < 1.29 is 4.79 Å². The summed E-state index contributed by atoms with van der Waals surface area (Å²) in [5.74, 6) is 5.72. The summed E-state index contributed by atoms with van der Waals surface area (Å²) in [6, 6.07) is 1.95. The summed E-state index contributed by atoms with van der Waals surface area (Å²) in [5, 5.41) is 6.55. The van der Waals surface area contributed by atoms with Gasteiger partial charge in [-0.2, -0.15) is 11.3 Å². The van der Waals surface area contributed by atoms with Crippen molar-refractivity contribution in [1.29, 1.82) is 0 Å². The Morgan fingerprint density at radius 3 is 3.17 bits per heavy atom. The van der Waals surface area contributed by atoms with Crippen LogP contribution in [0.5, 0.6) is 0 Å². The highest BCUT2D eigenvalue weighted by atomic mass is 32.1. The molecule has 0 aliphatic carbocycles. The average molecular weight is 179 g/mol. The lowest BCUT2D eigenvalue weighted by Crippen LogP contribution is -2.19. The van der Waals surface area contributed by atoms with Gasteiger partial charge in [0.15, 0.2) is 0 Å². The second-order valence-corrected chi connectivity index (χ2v) is 3.00. The summed E-state index contributed by atoms with van der Waals surface area (Å²) in [5.41, 5.74) is 1.00. The molecule has 0 fully saturated rings. The Bertz CT molecular complexity index is 305. The fourth-order valence-corrected chi connectivity index (χ4v) is 1.24. The molecule has 12 heavy (non-hydrogen) atoms. The molecule has 1 aromatic heterocycles. The summed E-state index contributed by atoms with van der Waals surface area (Å²) >= 11 is 1.61. The normalized spacial score (nSPS) is 8.42. The van der Waals surface area contributed by atoms with Gasteiger partial charge in [-0.25, -0.2) is 0 Å². The molecule has 0 atom stereocenters. The molecule has 0 spiro atoms. The first-order chi connectivity index (χ1) is 5.79. The minimum atomic E-state index is -0.0466. The lowest BCUT2D eigenvalue weighted by Gasteiger charge is -1.90. The molecule has 0 unspecified atom stereocenters. The maximum Gasteiger partial charge on any atom is 0.217 e. The fourth-order valence-electron chi connectivity index (χ4n) is 0.651. The predicted octanol–water partition coefficient (Wildman–Crippen LogP) is 1.24. The third-order valence-corrected chi connectivity index (χ3v) is 1.86. The van der Waals surface area contributed by atoms with E-state index in [1.807, 2.05) is 16.8 Å². The summed E-state index contributed by atoms with van der Waals surface area (Å²) in [6.07, 6.45) is 0. The highest BCUT2D eigenvalue weighted by molar-refractivity contribution is 7.08. The maximum atomic E-state index is 10.4. The molecule has 0 radical (unpaired) electrons. The van der Waals surface area contributed by atoms with E-state index < -0.39 is 0 Å². The van der Waals surface area contributed by atoms with Gasteiger partial charge in [0.05, 0.1) is 6.54 Å². The third-order valence-electron chi connectivity index (χ3n) is 1.18. The Balaban J connectivity index is 2.35. The predicted molar refractivity (Wildman–Crippen MR) is 49.9 cm³/mol. The highest BCUT2D eigenvalue weighted by Gasteiger charge is 1.85. The number of thiophene rings is 1. The van der Waals surface area contributed by atoms with E-state index in [-0.39, 0.29) is 5.91 Å². The monoisotopic (exact) mass is 179 g/mol. The van der Waals surface area contributed by atoms with Crippen molar-refractivity contribution in [3.63, 3.8) is 0 Å². The van der Waals surface area contributed by atoms with Crippen molar-refractivity contribution >= 4 is 17.2 Å². The number of carbonyl (C=O) groups excluding carboxylic acids is 1. The lowest BCUT2D eigenvalue weighted by molar-refractivity contribution is -0.118. The first kappa shape index (κ1) is 8.82. The van der Waals surface area contributed by atoms with Gasteiger partial charge in [0.2, 0.25) is 5.91 Å². The van der Waals surface area contributed by atoms with E-state index in [4.69, 9.17) is 0 Å². The zero-order valence-electron chi connectivity index (χ0n) is 6.76. The van der Waals surface area contributed by atoms with Gasteiger partial charge >= 0.3 is 0 Å². The van der Waals surface area contributed by atoms with Crippen molar-refractivity contribution in [2.45, 2.75) is 6.92 Å². The quantitative estimate of drug-likeness (QED) is 0.646. The minimum Gasteiger partial charge on any atom is -0.345 e. The first-order valence-corrected chi connectivity index (χ1v) is 4.49. The molecule has 1 heterocycles. The first-order valence-electron chi connectivity index (χ1n) is 3.54. The molecule has 1 rings (SSSR count). The molecule has 1 aromatic rings. The van der Waals surface area contributed by atoms with Gasteiger partial charge in [0, 0.05) is 17.9 Å². The molecule has 1 amide bonds. The number of carbonyl (C=O) groups is 1. The molecule has 0 saturated heterocycles. The molecule has 3 heteroatoms. The van der Waals surface area contributed by atoms with Gasteiger partial charge in [-0.15, -0.1) is 0 Å². The van der Waals surface area contributed by atoms with E-state index in [9.17, 15) is 4.79 Å². The van der Waals surface area contributed by atoms with E-state index in [0.717, 1.165) is 5.56 Å². The number of nitrogens with one attached hydrogen (secondary N) is 1. The molecule has 0 aliphatic rings. The van der Waals surface area contributed by atoms with Crippen LogP contribution in [0, 0.1) is 11.8 Å². The molecule has 0 saturated carbocycles. The minimum absolute atomic E-state index is 0.0466. The molecule has 0 bridgehead atoms. The Kier molecular flexibility index (Phi) is 3.36. The average Bonchev–Trinajstić information content (AvgIpc) is 2.49. The molecular formula is C9H9NOS. The van der Waals surface area contributed by atoms with Gasteiger partial charge in [0.1, 0.15) is 0 Å². The maximum absolute atomic E-state index is 10.4. The standard InChI is InChI=1S/C9H9NOS/c1-8(11)10-5-2-3-9-4-6-12-7-9/h4,6-7H,5H2,1H3,(H,10,11). The lowest BCUT2D eigenvalue weighted by atomic mass is 10.3. The largest absolute Gasteiger partial charge is 0.345 e. The molecule has 1 N–H and O–H groups in total. The molecular weight excluding hydrogens is 170 g/mol. The summed E-state index contributed by atoms with van der Waals surface area (Å²) in [6.45, 7) is 1.90. The zero-order valence-corrected chi connectivity index (χ0v) is 7.57. The second-order valence-electron chi connectivity index (χ2n) is 2.22. The zero-order chi connectivity index (χ0) is 8.81. The molecule has 62 valence electrons.